The second-order valence-electron chi connectivity index (χ2n) is 3.86. The van der Waals surface area contributed by atoms with E-state index in [0.717, 1.165) is 0 Å². The Bertz CT molecular complexity index is 646. The number of hydrogen-bond donors (Lipinski definition) is 2. The van der Waals surface area contributed by atoms with Crippen LogP contribution in [0.15, 0.2) is 23.4 Å². The van der Waals surface area contributed by atoms with E-state index in [1.165, 1.54) is 16.4 Å². The van der Waals surface area contributed by atoms with Gasteiger partial charge in [0.1, 0.15) is 5.82 Å². The van der Waals surface area contributed by atoms with Gasteiger partial charge >= 0.3 is 0 Å². The zero-order chi connectivity index (χ0) is 14.7. The zero-order valence-electron chi connectivity index (χ0n) is 10.4. The van der Waals surface area contributed by atoms with Gasteiger partial charge in [-0.15, -0.1) is 10.2 Å². The summed E-state index contributed by atoms with van der Waals surface area (Å²) in [6.45, 7) is 1.73. The van der Waals surface area contributed by atoms with Gasteiger partial charge in [-0.3, -0.25) is 4.79 Å². The first-order valence-corrected chi connectivity index (χ1v) is 7.26. The molecule has 0 atom stereocenters. The second-order valence-corrected chi connectivity index (χ2v) is 5.65. The maximum atomic E-state index is 11.8. The molecule has 0 aliphatic rings. The molecule has 106 valence electrons. The first kappa shape index (κ1) is 15.0. The quantitative estimate of drug-likeness (QED) is 0.663. The third-order valence-corrected chi connectivity index (χ3v) is 3.88. The fourth-order valence-corrected chi connectivity index (χ4v) is 2.40. The highest BCUT2D eigenvalue weighted by Gasteiger charge is 2.11. The molecule has 0 spiro atoms. The number of hydrogen-bond acceptors (Lipinski definition) is 5. The number of carbonyl (C=O) groups is 1. The fourth-order valence-electron chi connectivity index (χ4n) is 1.36. The number of nitrogens with one attached hydrogen (secondary N) is 1. The van der Waals surface area contributed by atoms with Crippen molar-refractivity contribution in [1.29, 1.82) is 0 Å². The summed E-state index contributed by atoms with van der Waals surface area (Å²) in [6.07, 6.45) is 0. The van der Waals surface area contributed by atoms with E-state index >= 15 is 0 Å². The Balaban J connectivity index is 1.96. The molecular weight excluding hydrogens is 321 g/mol. The van der Waals surface area contributed by atoms with Crippen LogP contribution in [0.5, 0.6) is 0 Å². The zero-order valence-corrected chi connectivity index (χ0v) is 12.8. The molecule has 2 rings (SSSR count). The number of thioether (sulfide) groups is 1. The number of nitrogens with zero attached hydrogens (tertiary/aromatic N) is 3. The van der Waals surface area contributed by atoms with E-state index in [2.05, 4.69) is 15.5 Å². The van der Waals surface area contributed by atoms with Gasteiger partial charge in [-0.2, -0.15) is 0 Å². The minimum atomic E-state index is -0.236. The van der Waals surface area contributed by atoms with E-state index in [0.29, 0.717) is 26.7 Å². The standard InChI is InChI=1S/C11H11Cl2N5OS/c1-6-16-17-11(18(6)14)20-5-10(19)15-9-4-7(12)2-3-8(9)13/h2-4H,5,14H2,1H3,(H,15,19). The molecule has 0 unspecified atom stereocenters. The van der Waals surface area contributed by atoms with Crippen molar-refractivity contribution in [2.45, 2.75) is 12.1 Å². The Kier molecular flexibility index (Phi) is 4.74. The molecule has 1 heterocycles. The third-order valence-electron chi connectivity index (χ3n) is 2.37. The maximum Gasteiger partial charge on any atom is 0.234 e. The molecule has 9 heteroatoms. The first-order valence-electron chi connectivity index (χ1n) is 5.52. The molecule has 6 nitrogen and oxygen atoms in total. The molecule has 1 aromatic heterocycles. The van der Waals surface area contributed by atoms with E-state index < -0.39 is 0 Å². The number of halogens is 2. The van der Waals surface area contributed by atoms with E-state index in [1.807, 2.05) is 0 Å². The van der Waals surface area contributed by atoms with E-state index in [-0.39, 0.29) is 11.7 Å². The van der Waals surface area contributed by atoms with Gasteiger partial charge < -0.3 is 11.2 Å². The Labute approximate surface area is 129 Å². The van der Waals surface area contributed by atoms with Crippen molar-refractivity contribution in [1.82, 2.24) is 14.9 Å². The lowest BCUT2D eigenvalue weighted by Gasteiger charge is -2.07. The molecular formula is C11H11Cl2N5OS. The molecule has 0 aliphatic carbocycles. The normalized spacial score (nSPS) is 10.6. The minimum Gasteiger partial charge on any atom is -0.336 e. The number of carbonyl (C=O) groups excluding carboxylic acids is 1. The van der Waals surface area contributed by atoms with Crippen molar-refractivity contribution in [2.24, 2.45) is 0 Å². The Morgan fingerprint density at radius 3 is 2.85 bits per heavy atom. The number of aromatic nitrogens is 3. The van der Waals surface area contributed by atoms with Crippen LogP contribution in [0, 0.1) is 6.92 Å². The number of amides is 1. The summed E-state index contributed by atoms with van der Waals surface area (Å²) in [5.74, 6) is 6.16. The van der Waals surface area contributed by atoms with Crippen LogP contribution in [0.1, 0.15) is 5.82 Å². The van der Waals surface area contributed by atoms with Gasteiger partial charge in [0, 0.05) is 5.02 Å². The van der Waals surface area contributed by atoms with Gasteiger partial charge in [-0.25, -0.2) is 4.68 Å². The summed E-state index contributed by atoms with van der Waals surface area (Å²) in [7, 11) is 0. The number of nitrogen functional groups attached to an aromatic ring is 1. The molecule has 0 fully saturated rings. The average molecular weight is 332 g/mol. The SMILES string of the molecule is Cc1nnc(SCC(=O)Nc2cc(Cl)ccc2Cl)n1N. The van der Waals surface area contributed by atoms with Crippen LogP contribution >= 0.6 is 35.0 Å². The lowest BCUT2D eigenvalue weighted by atomic mass is 10.3. The van der Waals surface area contributed by atoms with Crippen molar-refractivity contribution in [2.75, 3.05) is 16.9 Å². The largest absolute Gasteiger partial charge is 0.336 e. The summed E-state index contributed by atoms with van der Waals surface area (Å²) in [6, 6.07) is 4.85. The highest BCUT2D eigenvalue weighted by Crippen LogP contribution is 2.25. The Morgan fingerprint density at radius 2 is 2.20 bits per heavy atom. The first-order chi connectivity index (χ1) is 9.47. The predicted molar refractivity (Wildman–Crippen MR) is 80.7 cm³/mol. The summed E-state index contributed by atoms with van der Waals surface area (Å²) < 4.78 is 1.32. The van der Waals surface area contributed by atoms with Crippen molar-refractivity contribution in [3.05, 3.63) is 34.1 Å². The molecule has 0 saturated heterocycles. The highest BCUT2D eigenvalue weighted by atomic mass is 35.5. The molecule has 1 aromatic carbocycles. The van der Waals surface area contributed by atoms with Gasteiger partial charge in [-0.05, 0) is 25.1 Å². The number of nitrogens with two attached hydrogens (primary N) is 1. The molecule has 20 heavy (non-hydrogen) atoms. The van der Waals surface area contributed by atoms with Crippen molar-refractivity contribution >= 4 is 46.6 Å². The van der Waals surface area contributed by atoms with Crippen LogP contribution in [-0.2, 0) is 4.79 Å². The third kappa shape index (κ3) is 3.56. The summed E-state index contributed by atoms with van der Waals surface area (Å²) in [4.78, 5) is 11.8. The van der Waals surface area contributed by atoms with Crippen LogP contribution < -0.4 is 11.2 Å². The summed E-state index contributed by atoms with van der Waals surface area (Å²) in [5, 5.41) is 11.7. The monoisotopic (exact) mass is 331 g/mol. The van der Waals surface area contributed by atoms with Crippen molar-refractivity contribution in [3.63, 3.8) is 0 Å². The Hall–Kier alpha value is -1.44. The van der Waals surface area contributed by atoms with E-state index in [9.17, 15) is 4.79 Å². The molecule has 0 bridgehead atoms. The molecule has 2 aromatic rings. The minimum absolute atomic E-state index is 0.137. The van der Waals surface area contributed by atoms with Crippen LogP contribution in [0.4, 0.5) is 5.69 Å². The van der Waals surface area contributed by atoms with Crippen molar-refractivity contribution in [3.8, 4) is 0 Å². The van der Waals surface area contributed by atoms with Gasteiger partial charge in [0.15, 0.2) is 0 Å². The highest BCUT2D eigenvalue weighted by molar-refractivity contribution is 7.99. The molecule has 0 radical (unpaired) electrons. The van der Waals surface area contributed by atoms with Gasteiger partial charge in [0.25, 0.3) is 0 Å². The number of aryl methyl sites for hydroxylation is 1. The number of anilines is 1. The molecule has 0 aliphatic heterocycles. The second kappa shape index (κ2) is 6.34. The van der Waals surface area contributed by atoms with Crippen LogP contribution in [0.3, 0.4) is 0 Å². The predicted octanol–water partition coefficient (Wildman–Crippen LogP) is 2.34. The number of benzene rings is 1. The van der Waals surface area contributed by atoms with E-state index in [4.69, 9.17) is 29.0 Å². The van der Waals surface area contributed by atoms with Gasteiger partial charge in [-0.1, -0.05) is 35.0 Å². The lowest BCUT2D eigenvalue weighted by molar-refractivity contribution is -0.113. The number of rotatable bonds is 4. The molecule has 0 saturated carbocycles. The average Bonchev–Trinajstić information content (AvgIpc) is 2.72. The van der Waals surface area contributed by atoms with Gasteiger partial charge in [0.05, 0.1) is 16.5 Å². The van der Waals surface area contributed by atoms with Crippen molar-refractivity contribution < 1.29 is 4.79 Å². The fraction of sp³-hybridized carbons (Fsp3) is 0.182. The molecule has 3 N–H and O–H groups in total. The molecule has 1 amide bonds. The lowest BCUT2D eigenvalue weighted by Crippen LogP contribution is -2.16. The van der Waals surface area contributed by atoms with Crippen LogP contribution in [0.2, 0.25) is 10.0 Å². The van der Waals surface area contributed by atoms with Crippen LogP contribution in [0.25, 0.3) is 0 Å². The van der Waals surface area contributed by atoms with Crippen LogP contribution in [-0.4, -0.2) is 26.5 Å². The summed E-state index contributed by atoms with van der Waals surface area (Å²) >= 11 is 13.0. The Morgan fingerprint density at radius 1 is 1.45 bits per heavy atom. The topological polar surface area (TPSA) is 85.8 Å². The summed E-state index contributed by atoms with van der Waals surface area (Å²) in [5.41, 5.74) is 0.468. The van der Waals surface area contributed by atoms with E-state index in [1.54, 1.807) is 25.1 Å². The van der Waals surface area contributed by atoms with Gasteiger partial charge in [0.2, 0.25) is 11.1 Å². The smallest absolute Gasteiger partial charge is 0.234 e. The maximum absolute atomic E-state index is 11.8.